The lowest BCUT2D eigenvalue weighted by molar-refractivity contribution is -0.135. The minimum absolute atomic E-state index is 0.0521. The summed E-state index contributed by atoms with van der Waals surface area (Å²) in [7, 11) is 3.52. The molecule has 9 nitrogen and oxygen atoms in total. The molecule has 0 spiro atoms. The van der Waals surface area contributed by atoms with Gasteiger partial charge in [0.25, 0.3) is 5.19 Å². The predicted octanol–water partition coefficient (Wildman–Crippen LogP) is 2.27. The minimum atomic E-state index is -1.11. The Bertz CT molecular complexity index is 1230. The maximum Gasteiger partial charge on any atom is 0.350 e. The Hall–Kier alpha value is -2.92. The third kappa shape index (κ3) is 3.36. The molecule has 2 saturated heterocycles. The molecule has 0 radical (unpaired) electrons. The third-order valence-electron chi connectivity index (χ3n) is 6.74. The summed E-state index contributed by atoms with van der Waals surface area (Å²) >= 11 is 1.16. The molecule has 3 aliphatic rings. The number of hydrogen-bond acceptors (Lipinski definition) is 9. The first-order chi connectivity index (χ1) is 15.3. The largest absolute Gasteiger partial charge is 0.507 e. The maximum absolute atomic E-state index is 15.2. The van der Waals surface area contributed by atoms with Gasteiger partial charge in [-0.15, -0.1) is 5.10 Å². The summed E-state index contributed by atoms with van der Waals surface area (Å²) in [4.78, 5) is 21.8. The van der Waals surface area contributed by atoms with Gasteiger partial charge in [-0.3, -0.25) is 9.47 Å². The summed E-state index contributed by atoms with van der Waals surface area (Å²) in [6.45, 7) is 2.74. The fourth-order valence-corrected chi connectivity index (χ4v) is 5.32. The Morgan fingerprint density at radius 3 is 2.84 bits per heavy atom. The summed E-state index contributed by atoms with van der Waals surface area (Å²) in [5.74, 6) is 0.273. The zero-order chi connectivity index (χ0) is 22.6. The van der Waals surface area contributed by atoms with Crippen LogP contribution in [-0.2, 0) is 7.05 Å². The van der Waals surface area contributed by atoms with E-state index in [0.29, 0.717) is 16.1 Å². The Morgan fingerprint density at radius 1 is 1.31 bits per heavy atom. The molecule has 1 aliphatic carbocycles. The van der Waals surface area contributed by atoms with E-state index in [1.165, 1.54) is 17.0 Å². The number of piperidine rings is 2. The zero-order valence-corrected chi connectivity index (χ0v) is 18.7. The highest BCUT2D eigenvalue weighted by atomic mass is 32.1. The molecule has 32 heavy (non-hydrogen) atoms. The Morgan fingerprint density at radius 2 is 2.12 bits per heavy atom. The van der Waals surface area contributed by atoms with E-state index in [1.54, 1.807) is 19.2 Å². The summed E-state index contributed by atoms with van der Waals surface area (Å²) < 4.78 is 22.5. The van der Waals surface area contributed by atoms with Crippen molar-refractivity contribution in [1.29, 1.82) is 0 Å². The summed E-state index contributed by atoms with van der Waals surface area (Å²) in [5, 5.41) is 19.5. The number of fused-ring (bicyclic) bond motifs is 3. The van der Waals surface area contributed by atoms with E-state index >= 15 is 4.39 Å². The lowest BCUT2D eigenvalue weighted by Gasteiger charge is -2.56. The number of aromatic nitrogens is 5. The fraction of sp³-hybridized carbons (Fsp3) is 0.476. The number of nitrogens with zero attached hydrogens (tertiary/aromatic N) is 6. The van der Waals surface area contributed by atoms with Crippen molar-refractivity contribution in [2.75, 3.05) is 13.6 Å². The quantitative estimate of drug-likeness (QED) is 0.635. The van der Waals surface area contributed by atoms with Gasteiger partial charge < -0.3 is 9.84 Å². The molecule has 4 atom stereocenters. The normalized spacial score (nSPS) is 27.6. The first-order valence-electron chi connectivity index (χ1n) is 10.3. The lowest BCUT2D eigenvalue weighted by atomic mass is 9.68. The van der Waals surface area contributed by atoms with Crippen LogP contribution in [0.5, 0.6) is 10.9 Å². The number of ether oxygens (including phenoxy) is 1. The van der Waals surface area contributed by atoms with E-state index in [0.717, 1.165) is 30.7 Å². The van der Waals surface area contributed by atoms with Gasteiger partial charge >= 0.3 is 5.69 Å². The topological polar surface area (TPSA) is 106 Å². The molecule has 0 amide bonds. The number of aromatic hydroxyl groups is 1. The van der Waals surface area contributed by atoms with Crippen LogP contribution >= 0.6 is 11.3 Å². The number of hydrogen-bond donors (Lipinski definition) is 1. The number of benzene rings is 1. The van der Waals surface area contributed by atoms with Gasteiger partial charge in [-0.2, -0.15) is 4.98 Å². The van der Waals surface area contributed by atoms with E-state index in [9.17, 15) is 9.90 Å². The molecule has 168 valence electrons. The van der Waals surface area contributed by atoms with Crippen LogP contribution in [0, 0.1) is 5.92 Å². The number of rotatable bonds is 4. The van der Waals surface area contributed by atoms with Crippen molar-refractivity contribution in [3.8, 4) is 32.9 Å². The number of phenols is 1. The molecule has 3 aromatic rings. The molecule has 0 unspecified atom stereocenters. The van der Waals surface area contributed by atoms with Crippen LogP contribution in [-0.4, -0.2) is 66.1 Å². The highest BCUT2D eigenvalue weighted by Crippen LogP contribution is 2.46. The van der Waals surface area contributed by atoms with Crippen LogP contribution in [0.4, 0.5) is 4.39 Å². The van der Waals surface area contributed by atoms with E-state index in [-0.39, 0.29) is 22.7 Å². The van der Waals surface area contributed by atoms with Gasteiger partial charge in [0.1, 0.15) is 18.2 Å². The minimum Gasteiger partial charge on any atom is -0.507 e. The van der Waals surface area contributed by atoms with Gasteiger partial charge in [-0.05, 0) is 38.9 Å². The molecule has 6 rings (SSSR count). The molecule has 2 aromatic heterocycles. The van der Waals surface area contributed by atoms with Crippen molar-refractivity contribution in [3.63, 3.8) is 0 Å². The van der Waals surface area contributed by atoms with Crippen LogP contribution in [0.1, 0.15) is 19.8 Å². The molecule has 2 bridgehead atoms. The van der Waals surface area contributed by atoms with Crippen molar-refractivity contribution in [3.05, 3.63) is 35.0 Å². The molecule has 1 N–H and O–H groups in total. The van der Waals surface area contributed by atoms with Crippen LogP contribution in [0.15, 0.2) is 29.3 Å². The van der Waals surface area contributed by atoms with Gasteiger partial charge in [0.2, 0.25) is 0 Å². The van der Waals surface area contributed by atoms with E-state index in [2.05, 4.69) is 25.1 Å². The predicted molar refractivity (Wildman–Crippen MR) is 116 cm³/mol. The van der Waals surface area contributed by atoms with Gasteiger partial charge in [-0.1, -0.05) is 22.5 Å². The SMILES string of the molecule is CN1C[C@H]2CC[C@]1(C)[C@@H](F)[C@H]2Oc1nnc(-c2ccc(-c3ncn(C)c(=O)n3)cc2O)s1. The van der Waals surface area contributed by atoms with Crippen molar-refractivity contribution in [2.24, 2.45) is 13.0 Å². The van der Waals surface area contributed by atoms with Gasteiger partial charge in [-0.25, -0.2) is 14.2 Å². The summed E-state index contributed by atoms with van der Waals surface area (Å²) in [5.41, 5.74) is -0.00633. The monoisotopic (exact) mass is 458 g/mol. The number of phenolic OH excluding ortho intramolecular Hbond substituents is 1. The number of halogens is 1. The van der Waals surface area contributed by atoms with Crippen LogP contribution in [0.2, 0.25) is 0 Å². The number of alkyl halides is 1. The van der Waals surface area contributed by atoms with Crippen molar-refractivity contribution in [1.82, 2.24) is 29.6 Å². The van der Waals surface area contributed by atoms with Gasteiger partial charge in [0, 0.05) is 25.1 Å². The highest BCUT2D eigenvalue weighted by molar-refractivity contribution is 7.16. The second-order valence-corrected chi connectivity index (χ2v) is 9.64. The highest BCUT2D eigenvalue weighted by Gasteiger charge is 2.56. The van der Waals surface area contributed by atoms with Crippen molar-refractivity contribution in [2.45, 2.75) is 37.6 Å². The molecule has 1 saturated carbocycles. The van der Waals surface area contributed by atoms with Crippen molar-refractivity contribution >= 4 is 11.3 Å². The molecular formula is C21H23FN6O3S. The lowest BCUT2D eigenvalue weighted by Crippen LogP contribution is -2.68. The van der Waals surface area contributed by atoms with E-state index in [1.807, 2.05) is 14.0 Å². The van der Waals surface area contributed by atoms with Crippen LogP contribution in [0.3, 0.4) is 0 Å². The van der Waals surface area contributed by atoms with Gasteiger partial charge in [0.15, 0.2) is 17.0 Å². The standard InChI is InChI=1S/C21H23FN6O3S/c1-21-7-6-12(9-28(21)3)15(16(21)22)31-20-26-25-18(32-20)13-5-4-11(8-14(13)29)17-23-10-27(2)19(30)24-17/h4-5,8,10,12,15-16,29H,6-7,9H2,1-3H3/t12-,15+,16+,21-/m1/s1. The molecule has 4 heterocycles. The molecule has 3 fully saturated rings. The molecular weight excluding hydrogens is 435 g/mol. The number of aryl methyl sites for hydroxylation is 1. The average molecular weight is 459 g/mol. The zero-order valence-electron chi connectivity index (χ0n) is 17.9. The second kappa shape index (κ2) is 7.59. The van der Waals surface area contributed by atoms with Crippen molar-refractivity contribution < 1.29 is 14.2 Å². The van der Waals surface area contributed by atoms with Gasteiger partial charge in [0.05, 0.1) is 11.1 Å². The Balaban J connectivity index is 1.37. The van der Waals surface area contributed by atoms with E-state index in [4.69, 9.17) is 4.74 Å². The average Bonchev–Trinajstić information content (AvgIpc) is 3.22. The van der Waals surface area contributed by atoms with Crippen LogP contribution in [0.25, 0.3) is 22.0 Å². The fourth-order valence-electron chi connectivity index (χ4n) is 4.55. The molecule has 2 aliphatic heterocycles. The summed E-state index contributed by atoms with van der Waals surface area (Å²) in [6, 6.07) is 4.83. The maximum atomic E-state index is 15.2. The Kier molecular flexibility index (Phi) is 4.97. The van der Waals surface area contributed by atoms with Crippen LogP contribution < -0.4 is 10.4 Å². The second-order valence-electron chi connectivity index (χ2n) is 8.70. The van der Waals surface area contributed by atoms with E-state index < -0.39 is 23.5 Å². The third-order valence-corrected chi connectivity index (χ3v) is 7.58. The molecule has 1 aromatic carbocycles. The first-order valence-corrected chi connectivity index (χ1v) is 11.2. The first kappa shape index (κ1) is 21.0. The smallest absolute Gasteiger partial charge is 0.350 e. The molecule has 11 heteroatoms. The summed E-state index contributed by atoms with van der Waals surface area (Å²) in [6.07, 6.45) is 1.44. The Labute approximate surface area is 187 Å².